The standard InChI is InChI=1S/C11H12FNO2/c1-13-9(6-10(14)11(13)15)7-4-2-3-5-8(7)12/h2-5,9-10,14H,6H2,1H3/t9-,10+/m1/s1. The zero-order valence-corrected chi connectivity index (χ0v) is 8.35. The van der Waals surface area contributed by atoms with Gasteiger partial charge in [0, 0.05) is 19.0 Å². The highest BCUT2D eigenvalue weighted by Crippen LogP contribution is 2.32. The Labute approximate surface area is 87.1 Å². The number of hydrogen-bond acceptors (Lipinski definition) is 2. The minimum atomic E-state index is -1.00. The molecular weight excluding hydrogens is 197 g/mol. The van der Waals surface area contributed by atoms with E-state index in [1.165, 1.54) is 11.0 Å². The summed E-state index contributed by atoms with van der Waals surface area (Å²) in [5, 5.41) is 9.38. The molecule has 0 bridgehead atoms. The summed E-state index contributed by atoms with van der Waals surface area (Å²) in [6, 6.07) is 5.97. The van der Waals surface area contributed by atoms with Gasteiger partial charge in [0.05, 0.1) is 6.04 Å². The van der Waals surface area contributed by atoms with Crippen molar-refractivity contribution in [3.05, 3.63) is 35.6 Å². The van der Waals surface area contributed by atoms with Crippen LogP contribution < -0.4 is 0 Å². The Balaban J connectivity index is 2.34. The van der Waals surface area contributed by atoms with Gasteiger partial charge in [-0.2, -0.15) is 0 Å². The molecule has 80 valence electrons. The van der Waals surface area contributed by atoms with E-state index >= 15 is 0 Å². The Kier molecular flexibility index (Phi) is 2.44. The van der Waals surface area contributed by atoms with Gasteiger partial charge >= 0.3 is 0 Å². The summed E-state index contributed by atoms with van der Waals surface area (Å²) in [6.07, 6.45) is -0.740. The first-order chi connectivity index (χ1) is 7.11. The average molecular weight is 209 g/mol. The number of hydrogen-bond donors (Lipinski definition) is 1. The smallest absolute Gasteiger partial charge is 0.251 e. The van der Waals surface area contributed by atoms with Gasteiger partial charge in [-0.1, -0.05) is 18.2 Å². The maximum Gasteiger partial charge on any atom is 0.251 e. The SMILES string of the molecule is CN1C(=O)[C@@H](O)C[C@@H]1c1ccccc1F. The number of amides is 1. The van der Waals surface area contributed by atoms with Crippen molar-refractivity contribution in [2.45, 2.75) is 18.6 Å². The van der Waals surface area contributed by atoms with Crippen molar-refractivity contribution in [2.75, 3.05) is 7.05 Å². The fourth-order valence-electron chi connectivity index (χ4n) is 1.94. The largest absolute Gasteiger partial charge is 0.383 e. The van der Waals surface area contributed by atoms with E-state index < -0.39 is 6.10 Å². The Morgan fingerprint density at radius 2 is 2.13 bits per heavy atom. The molecule has 2 rings (SSSR count). The number of benzene rings is 1. The van der Waals surface area contributed by atoms with Gasteiger partial charge in [-0.05, 0) is 6.07 Å². The molecule has 1 aromatic carbocycles. The van der Waals surface area contributed by atoms with E-state index in [0.29, 0.717) is 5.56 Å². The Hall–Kier alpha value is -1.42. The first-order valence-corrected chi connectivity index (χ1v) is 4.80. The molecular formula is C11H12FNO2. The Bertz CT molecular complexity index is 394. The summed E-state index contributed by atoms with van der Waals surface area (Å²) in [6.45, 7) is 0. The first kappa shape index (κ1) is 10.1. The van der Waals surface area contributed by atoms with Gasteiger partial charge in [0.25, 0.3) is 5.91 Å². The normalized spacial score (nSPS) is 26.1. The minimum absolute atomic E-state index is 0.260. The highest BCUT2D eigenvalue weighted by atomic mass is 19.1. The number of rotatable bonds is 1. The topological polar surface area (TPSA) is 40.5 Å². The van der Waals surface area contributed by atoms with Crippen molar-refractivity contribution in [2.24, 2.45) is 0 Å². The number of nitrogens with zero attached hydrogens (tertiary/aromatic N) is 1. The zero-order chi connectivity index (χ0) is 11.0. The molecule has 1 saturated heterocycles. The van der Waals surface area contributed by atoms with E-state index in [0.717, 1.165) is 0 Å². The molecule has 4 heteroatoms. The maximum atomic E-state index is 13.4. The van der Waals surface area contributed by atoms with Crippen LogP contribution in [0.3, 0.4) is 0 Å². The molecule has 1 amide bonds. The van der Waals surface area contributed by atoms with Crippen LogP contribution in [-0.4, -0.2) is 29.1 Å². The predicted molar refractivity (Wildman–Crippen MR) is 52.5 cm³/mol. The van der Waals surface area contributed by atoms with Crippen molar-refractivity contribution >= 4 is 5.91 Å². The highest BCUT2D eigenvalue weighted by molar-refractivity contribution is 5.83. The van der Waals surface area contributed by atoms with Gasteiger partial charge in [-0.25, -0.2) is 4.39 Å². The van der Waals surface area contributed by atoms with Gasteiger partial charge in [0.2, 0.25) is 0 Å². The number of carbonyl (C=O) groups is 1. The van der Waals surface area contributed by atoms with Crippen molar-refractivity contribution < 1.29 is 14.3 Å². The molecule has 1 aromatic rings. The number of likely N-dealkylation sites (tertiary alicyclic amines) is 1. The van der Waals surface area contributed by atoms with Crippen LogP contribution in [0.2, 0.25) is 0 Å². The lowest BCUT2D eigenvalue weighted by Gasteiger charge is -2.19. The third-order valence-corrected chi connectivity index (χ3v) is 2.81. The number of carbonyl (C=O) groups excluding carboxylic acids is 1. The van der Waals surface area contributed by atoms with Crippen LogP contribution >= 0.6 is 0 Å². The maximum absolute atomic E-state index is 13.4. The summed E-state index contributed by atoms with van der Waals surface area (Å²) < 4.78 is 13.4. The van der Waals surface area contributed by atoms with Gasteiger partial charge in [0.15, 0.2) is 0 Å². The summed E-state index contributed by atoms with van der Waals surface area (Å²) in [5.74, 6) is -0.681. The van der Waals surface area contributed by atoms with E-state index in [-0.39, 0.29) is 24.2 Å². The van der Waals surface area contributed by atoms with Crippen LogP contribution in [0.25, 0.3) is 0 Å². The van der Waals surface area contributed by atoms with E-state index in [4.69, 9.17) is 0 Å². The predicted octanol–water partition coefficient (Wildman–Crippen LogP) is 1.09. The molecule has 2 atom stereocenters. The molecule has 15 heavy (non-hydrogen) atoms. The summed E-state index contributed by atoms with van der Waals surface area (Å²) in [5.41, 5.74) is 0.463. The monoisotopic (exact) mass is 209 g/mol. The molecule has 0 aromatic heterocycles. The fourth-order valence-corrected chi connectivity index (χ4v) is 1.94. The van der Waals surface area contributed by atoms with E-state index in [2.05, 4.69) is 0 Å². The lowest BCUT2D eigenvalue weighted by molar-refractivity contribution is -0.134. The molecule has 0 saturated carbocycles. The van der Waals surface area contributed by atoms with Crippen LogP contribution in [0.5, 0.6) is 0 Å². The molecule has 1 aliphatic heterocycles. The Morgan fingerprint density at radius 3 is 2.67 bits per heavy atom. The second kappa shape index (κ2) is 3.62. The summed E-state index contributed by atoms with van der Waals surface area (Å²) in [7, 11) is 1.58. The molecule has 1 fully saturated rings. The van der Waals surface area contributed by atoms with Crippen LogP contribution in [-0.2, 0) is 4.79 Å². The molecule has 0 unspecified atom stereocenters. The van der Waals surface area contributed by atoms with Crippen molar-refractivity contribution in [1.82, 2.24) is 4.90 Å². The van der Waals surface area contributed by atoms with Crippen LogP contribution in [0.1, 0.15) is 18.0 Å². The molecule has 1 heterocycles. The Morgan fingerprint density at radius 1 is 1.47 bits per heavy atom. The minimum Gasteiger partial charge on any atom is -0.383 e. The fraction of sp³-hybridized carbons (Fsp3) is 0.364. The number of likely N-dealkylation sites (N-methyl/N-ethyl adjacent to an activating group) is 1. The van der Waals surface area contributed by atoms with Gasteiger partial charge < -0.3 is 10.0 Å². The number of aliphatic hydroxyl groups is 1. The lowest BCUT2D eigenvalue weighted by atomic mass is 10.0. The molecule has 0 radical (unpaired) electrons. The van der Waals surface area contributed by atoms with Crippen LogP contribution in [0.4, 0.5) is 4.39 Å². The summed E-state index contributed by atoms with van der Waals surface area (Å²) >= 11 is 0. The molecule has 1 N–H and O–H groups in total. The lowest BCUT2D eigenvalue weighted by Crippen LogP contribution is -2.27. The number of halogens is 1. The quantitative estimate of drug-likeness (QED) is 0.752. The van der Waals surface area contributed by atoms with Gasteiger partial charge in [0.1, 0.15) is 11.9 Å². The first-order valence-electron chi connectivity index (χ1n) is 4.80. The third kappa shape index (κ3) is 1.61. The second-order valence-electron chi connectivity index (χ2n) is 3.74. The molecule has 0 aliphatic carbocycles. The van der Waals surface area contributed by atoms with Gasteiger partial charge in [-0.3, -0.25) is 4.79 Å². The second-order valence-corrected chi connectivity index (χ2v) is 3.74. The molecule has 0 spiro atoms. The van der Waals surface area contributed by atoms with Crippen molar-refractivity contribution in [1.29, 1.82) is 0 Å². The highest BCUT2D eigenvalue weighted by Gasteiger charge is 2.37. The average Bonchev–Trinajstić information content (AvgIpc) is 2.47. The van der Waals surface area contributed by atoms with Crippen LogP contribution in [0, 0.1) is 5.82 Å². The zero-order valence-electron chi connectivity index (χ0n) is 8.35. The number of aliphatic hydroxyl groups excluding tert-OH is 1. The molecule has 1 aliphatic rings. The summed E-state index contributed by atoms with van der Waals surface area (Å²) in [4.78, 5) is 12.7. The third-order valence-electron chi connectivity index (χ3n) is 2.81. The van der Waals surface area contributed by atoms with E-state index in [1.54, 1.807) is 25.2 Å². The van der Waals surface area contributed by atoms with E-state index in [9.17, 15) is 14.3 Å². The van der Waals surface area contributed by atoms with E-state index in [1.807, 2.05) is 0 Å². The van der Waals surface area contributed by atoms with Crippen molar-refractivity contribution in [3.8, 4) is 0 Å². The van der Waals surface area contributed by atoms with Gasteiger partial charge in [-0.15, -0.1) is 0 Å². The van der Waals surface area contributed by atoms with Crippen molar-refractivity contribution in [3.63, 3.8) is 0 Å². The van der Waals surface area contributed by atoms with Crippen LogP contribution in [0.15, 0.2) is 24.3 Å². The molecule has 3 nitrogen and oxygen atoms in total.